The highest BCUT2D eigenvalue weighted by Crippen LogP contribution is 2.08. The van der Waals surface area contributed by atoms with Crippen LogP contribution in [0.25, 0.3) is 5.52 Å². The highest BCUT2D eigenvalue weighted by Gasteiger charge is 2.06. The molecule has 2 amide bonds. The lowest BCUT2D eigenvalue weighted by atomic mass is 10.2. The Labute approximate surface area is 138 Å². The molecule has 2 N–H and O–H groups in total. The number of pyridine rings is 1. The summed E-state index contributed by atoms with van der Waals surface area (Å²) in [5.41, 5.74) is 2.22. The fraction of sp³-hybridized carbons (Fsp3) is 0.250. The molecule has 0 unspecified atom stereocenters. The third-order valence-electron chi connectivity index (χ3n) is 3.52. The van der Waals surface area contributed by atoms with Crippen LogP contribution in [0.15, 0.2) is 41.6 Å². The number of nitrogens with one attached hydrogen (secondary N) is 2. The van der Waals surface area contributed by atoms with Crippen molar-refractivity contribution in [2.75, 3.05) is 11.9 Å². The van der Waals surface area contributed by atoms with Gasteiger partial charge < -0.3 is 9.88 Å². The second-order valence-corrected chi connectivity index (χ2v) is 5.51. The van der Waals surface area contributed by atoms with E-state index in [4.69, 9.17) is 0 Å². The smallest absolute Gasteiger partial charge is 0.320 e. The van der Waals surface area contributed by atoms with Crippen LogP contribution in [0.1, 0.15) is 11.3 Å². The quantitative estimate of drug-likeness (QED) is 0.756. The van der Waals surface area contributed by atoms with E-state index >= 15 is 0 Å². The van der Waals surface area contributed by atoms with Gasteiger partial charge in [0, 0.05) is 31.2 Å². The molecule has 3 rings (SSSR count). The minimum Gasteiger partial charge on any atom is -0.336 e. The van der Waals surface area contributed by atoms with Crippen LogP contribution in [0.2, 0.25) is 0 Å². The van der Waals surface area contributed by atoms with Crippen molar-refractivity contribution in [3.05, 3.63) is 58.4 Å². The highest BCUT2D eigenvalue weighted by atomic mass is 16.2. The second kappa shape index (κ2) is 6.53. The van der Waals surface area contributed by atoms with Gasteiger partial charge in [0.1, 0.15) is 11.3 Å². The topological polar surface area (TPSA) is 93.3 Å². The molecule has 3 aromatic rings. The van der Waals surface area contributed by atoms with E-state index < -0.39 is 0 Å². The van der Waals surface area contributed by atoms with E-state index in [1.807, 2.05) is 19.9 Å². The predicted molar refractivity (Wildman–Crippen MR) is 90.2 cm³/mol. The Kier molecular flexibility index (Phi) is 4.28. The van der Waals surface area contributed by atoms with Crippen LogP contribution in [0.5, 0.6) is 0 Å². The van der Waals surface area contributed by atoms with Crippen molar-refractivity contribution in [1.29, 1.82) is 0 Å². The van der Waals surface area contributed by atoms with Gasteiger partial charge in [-0.05, 0) is 37.6 Å². The summed E-state index contributed by atoms with van der Waals surface area (Å²) in [7, 11) is 0. The third-order valence-corrected chi connectivity index (χ3v) is 3.52. The highest BCUT2D eigenvalue weighted by molar-refractivity contribution is 5.88. The van der Waals surface area contributed by atoms with E-state index in [2.05, 4.69) is 20.7 Å². The van der Waals surface area contributed by atoms with Crippen LogP contribution in [0, 0.1) is 13.8 Å². The van der Waals surface area contributed by atoms with Crippen LogP contribution < -0.4 is 16.2 Å². The molecular weight excluding hydrogens is 308 g/mol. The molecule has 24 heavy (non-hydrogen) atoms. The monoisotopic (exact) mass is 326 g/mol. The third kappa shape index (κ3) is 3.43. The Morgan fingerprint density at radius 1 is 1.25 bits per heavy atom. The molecule has 0 aliphatic carbocycles. The minimum atomic E-state index is -0.356. The molecule has 3 aromatic heterocycles. The van der Waals surface area contributed by atoms with E-state index in [0.717, 1.165) is 11.3 Å². The first-order valence-electron chi connectivity index (χ1n) is 7.56. The van der Waals surface area contributed by atoms with Gasteiger partial charge >= 0.3 is 6.03 Å². The maximum atomic E-state index is 12.2. The van der Waals surface area contributed by atoms with Gasteiger partial charge in [-0.1, -0.05) is 0 Å². The van der Waals surface area contributed by atoms with Crippen LogP contribution in [0.3, 0.4) is 0 Å². The average Bonchev–Trinajstić information content (AvgIpc) is 2.98. The van der Waals surface area contributed by atoms with Crippen molar-refractivity contribution >= 4 is 17.4 Å². The standard InChI is InChI=1S/C16H18N6O2/c1-11-9-12(2)19-14(10-11)20-16(24)17-5-6-21-7-8-22-13(15(21)23)3-4-18-22/h3-4,7-10H,5-6H2,1-2H3,(H2,17,19,20,24). The largest absolute Gasteiger partial charge is 0.336 e. The lowest BCUT2D eigenvalue weighted by Crippen LogP contribution is -2.34. The van der Waals surface area contributed by atoms with Crippen LogP contribution >= 0.6 is 0 Å². The predicted octanol–water partition coefficient (Wildman–Crippen LogP) is 1.33. The number of nitrogens with zero attached hydrogens (tertiary/aromatic N) is 4. The summed E-state index contributed by atoms with van der Waals surface area (Å²) in [5.74, 6) is 0.503. The van der Waals surface area contributed by atoms with Gasteiger partial charge in [0.25, 0.3) is 5.56 Å². The van der Waals surface area contributed by atoms with Gasteiger partial charge in [0.05, 0.1) is 6.20 Å². The number of anilines is 1. The van der Waals surface area contributed by atoms with Gasteiger partial charge in [0.15, 0.2) is 0 Å². The minimum absolute atomic E-state index is 0.145. The molecule has 0 fully saturated rings. The molecule has 0 atom stereocenters. The van der Waals surface area contributed by atoms with Crippen LogP contribution in [-0.2, 0) is 6.54 Å². The number of hydrogen-bond donors (Lipinski definition) is 2. The summed E-state index contributed by atoms with van der Waals surface area (Å²) < 4.78 is 3.05. The zero-order chi connectivity index (χ0) is 17.1. The summed E-state index contributed by atoms with van der Waals surface area (Å²) in [6, 6.07) is 5.03. The molecular formula is C16H18N6O2. The molecule has 0 saturated heterocycles. The van der Waals surface area contributed by atoms with E-state index in [9.17, 15) is 9.59 Å². The summed E-state index contributed by atoms with van der Waals surface area (Å²) >= 11 is 0. The first-order chi connectivity index (χ1) is 11.5. The van der Waals surface area contributed by atoms with Crippen molar-refractivity contribution in [2.24, 2.45) is 0 Å². The number of hydrogen-bond acceptors (Lipinski definition) is 4. The summed E-state index contributed by atoms with van der Waals surface area (Å²) in [6.45, 7) is 4.50. The van der Waals surface area contributed by atoms with Gasteiger partial charge in [-0.2, -0.15) is 5.10 Å². The molecule has 8 heteroatoms. The SMILES string of the molecule is Cc1cc(C)nc(NC(=O)NCCn2ccn3nccc3c2=O)c1. The lowest BCUT2D eigenvalue weighted by Gasteiger charge is -2.09. The first kappa shape index (κ1) is 15.7. The Balaban J connectivity index is 1.58. The first-order valence-corrected chi connectivity index (χ1v) is 7.56. The Hall–Kier alpha value is -3.16. The number of aryl methyl sites for hydroxylation is 2. The van der Waals surface area contributed by atoms with E-state index in [0.29, 0.717) is 24.4 Å². The van der Waals surface area contributed by atoms with Gasteiger partial charge in [0.2, 0.25) is 0 Å². The molecule has 0 aromatic carbocycles. The zero-order valence-corrected chi connectivity index (χ0v) is 13.5. The fourth-order valence-electron chi connectivity index (χ4n) is 2.49. The van der Waals surface area contributed by atoms with Gasteiger partial charge in [-0.3, -0.25) is 10.1 Å². The fourth-order valence-corrected chi connectivity index (χ4v) is 2.49. The molecule has 0 radical (unpaired) electrons. The number of carbonyl (C=O) groups is 1. The number of urea groups is 1. The number of fused-ring (bicyclic) bond motifs is 1. The second-order valence-electron chi connectivity index (χ2n) is 5.51. The van der Waals surface area contributed by atoms with E-state index in [1.54, 1.807) is 30.7 Å². The molecule has 0 aliphatic heterocycles. The molecule has 3 heterocycles. The molecule has 0 spiro atoms. The molecule has 0 bridgehead atoms. The summed E-state index contributed by atoms with van der Waals surface area (Å²) in [5, 5.41) is 9.41. The Bertz CT molecular complexity index is 923. The van der Waals surface area contributed by atoms with Crippen molar-refractivity contribution in [3.63, 3.8) is 0 Å². The maximum absolute atomic E-state index is 12.2. The average molecular weight is 326 g/mol. The van der Waals surface area contributed by atoms with Crippen molar-refractivity contribution in [3.8, 4) is 0 Å². The van der Waals surface area contributed by atoms with Crippen LogP contribution in [-0.4, -0.2) is 31.7 Å². The molecule has 8 nitrogen and oxygen atoms in total. The lowest BCUT2D eigenvalue weighted by molar-refractivity contribution is 0.251. The molecule has 0 aliphatic rings. The Morgan fingerprint density at radius 3 is 2.88 bits per heavy atom. The van der Waals surface area contributed by atoms with E-state index in [1.165, 1.54) is 9.08 Å². The zero-order valence-electron chi connectivity index (χ0n) is 13.5. The summed E-state index contributed by atoms with van der Waals surface area (Å²) in [6.07, 6.45) is 4.92. The number of amides is 2. The van der Waals surface area contributed by atoms with Crippen molar-refractivity contribution in [2.45, 2.75) is 20.4 Å². The van der Waals surface area contributed by atoms with E-state index in [-0.39, 0.29) is 11.6 Å². The molecule has 0 saturated carbocycles. The van der Waals surface area contributed by atoms with Gasteiger partial charge in [-0.15, -0.1) is 0 Å². The van der Waals surface area contributed by atoms with Gasteiger partial charge in [-0.25, -0.2) is 14.3 Å². The normalized spacial score (nSPS) is 10.8. The van der Waals surface area contributed by atoms with Crippen LogP contribution in [0.4, 0.5) is 10.6 Å². The number of aromatic nitrogens is 4. The molecule has 124 valence electrons. The maximum Gasteiger partial charge on any atom is 0.320 e. The Morgan fingerprint density at radius 2 is 2.08 bits per heavy atom. The van der Waals surface area contributed by atoms with Crippen molar-refractivity contribution in [1.82, 2.24) is 24.5 Å². The summed E-state index contributed by atoms with van der Waals surface area (Å²) in [4.78, 5) is 28.4. The van der Waals surface area contributed by atoms with Crippen molar-refractivity contribution < 1.29 is 4.79 Å². The number of rotatable bonds is 4. The number of carbonyl (C=O) groups excluding carboxylic acids is 1.